The maximum absolute atomic E-state index is 12.2. The van der Waals surface area contributed by atoms with Gasteiger partial charge in [0.25, 0.3) is 11.6 Å². The predicted octanol–water partition coefficient (Wildman–Crippen LogP) is 1.49. The molecule has 7 nitrogen and oxygen atoms in total. The Morgan fingerprint density at radius 3 is 2.65 bits per heavy atom. The van der Waals surface area contributed by atoms with E-state index in [9.17, 15) is 20.0 Å². The van der Waals surface area contributed by atoms with E-state index in [4.69, 9.17) is 4.74 Å². The molecule has 1 unspecified atom stereocenters. The van der Waals surface area contributed by atoms with Crippen LogP contribution in [-0.2, 0) is 0 Å². The van der Waals surface area contributed by atoms with Gasteiger partial charge in [0.1, 0.15) is 5.75 Å². The van der Waals surface area contributed by atoms with Crippen LogP contribution >= 0.6 is 0 Å². The monoisotopic (exact) mass is 282 g/mol. The Morgan fingerprint density at radius 1 is 1.55 bits per heavy atom. The number of aliphatic hydroxyl groups excluding tert-OH is 1. The maximum Gasteiger partial charge on any atom is 0.270 e. The summed E-state index contributed by atoms with van der Waals surface area (Å²) in [7, 11) is 1.38. The summed E-state index contributed by atoms with van der Waals surface area (Å²) in [5.41, 5.74) is -0.917. The molecule has 0 saturated heterocycles. The van der Waals surface area contributed by atoms with Crippen LogP contribution in [0.3, 0.4) is 0 Å². The zero-order valence-electron chi connectivity index (χ0n) is 11.7. The fourth-order valence-electron chi connectivity index (χ4n) is 1.57. The lowest BCUT2D eigenvalue weighted by Gasteiger charge is -2.27. The first-order valence-corrected chi connectivity index (χ1v) is 6.12. The second kappa shape index (κ2) is 6.33. The Balaban J connectivity index is 3.13. The number of nitro benzene ring substituents is 1. The maximum atomic E-state index is 12.2. The van der Waals surface area contributed by atoms with E-state index in [1.54, 1.807) is 6.92 Å². The molecule has 110 valence electrons. The summed E-state index contributed by atoms with van der Waals surface area (Å²) in [5, 5.41) is 22.7. The van der Waals surface area contributed by atoms with Gasteiger partial charge in [0.2, 0.25) is 0 Å². The van der Waals surface area contributed by atoms with Gasteiger partial charge in [-0.1, -0.05) is 6.92 Å². The van der Waals surface area contributed by atoms with E-state index in [-0.39, 0.29) is 23.6 Å². The number of benzene rings is 1. The highest BCUT2D eigenvalue weighted by molar-refractivity contribution is 5.98. The third-order valence-electron chi connectivity index (χ3n) is 3.18. The molecule has 0 saturated carbocycles. The summed E-state index contributed by atoms with van der Waals surface area (Å²) in [5.74, 6) is -0.284. The minimum atomic E-state index is -0.785. The summed E-state index contributed by atoms with van der Waals surface area (Å²) in [6, 6.07) is 3.79. The Hall–Kier alpha value is -2.15. The van der Waals surface area contributed by atoms with Gasteiger partial charge in [-0.25, -0.2) is 0 Å². The first kappa shape index (κ1) is 15.9. The fraction of sp³-hybridized carbons (Fsp3) is 0.462. The fourth-order valence-corrected chi connectivity index (χ4v) is 1.57. The summed E-state index contributed by atoms with van der Waals surface area (Å²) in [4.78, 5) is 22.4. The average molecular weight is 282 g/mol. The molecule has 0 aliphatic heterocycles. The Morgan fingerprint density at radius 2 is 2.20 bits per heavy atom. The first-order chi connectivity index (χ1) is 9.36. The van der Waals surface area contributed by atoms with Crippen molar-refractivity contribution >= 4 is 11.6 Å². The van der Waals surface area contributed by atoms with E-state index in [2.05, 4.69) is 5.32 Å². The lowest BCUT2D eigenvalue weighted by Crippen LogP contribution is -2.48. The molecule has 1 aromatic rings. The number of hydrogen-bond acceptors (Lipinski definition) is 5. The number of amides is 1. The van der Waals surface area contributed by atoms with Gasteiger partial charge in [-0.2, -0.15) is 0 Å². The highest BCUT2D eigenvalue weighted by Gasteiger charge is 2.26. The van der Waals surface area contributed by atoms with E-state index >= 15 is 0 Å². The molecule has 0 fully saturated rings. The number of nitrogens with one attached hydrogen (secondary N) is 1. The van der Waals surface area contributed by atoms with Crippen LogP contribution in [0.25, 0.3) is 0 Å². The van der Waals surface area contributed by atoms with Gasteiger partial charge in [-0.15, -0.1) is 0 Å². The van der Waals surface area contributed by atoms with Gasteiger partial charge in [0, 0.05) is 12.1 Å². The van der Waals surface area contributed by atoms with E-state index in [0.717, 1.165) is 6.07 Å². The Kier molecular flexibility index (Phi) is 5.04. The summed E-state index contributed by atoms with van der Waals surface area (Å²) < 4.78 is 5.04. The molecule has 7 heteroatoms. The standard InChI is InChI=1S/C13H18N2O5/c1-4-13(2,8-16)14-12(17)10-7-9(15(18)19)5-6-11(10)20-3/h5-7,16H,4,8H2,1-3H3,(H,14,17). The topological polar surface area (TPSA) is 102 Å². The van der Waals surface area contributed by atoms with Crippen LogP contribution in [0.1, 0.15) is 30.6 Å². The molecular weight excluding hydrogens is 264 g/mol. The van der Waals surface area contributed by atoms with Gasteiger partial charge in [-0.05, 0) is 19.4 Å². The van der Waals surface area contributed by atoms with Crippen molar-refractivity contribution in [2.24, 2.45) is 0 Å². The number of hydrogen-bond donors (Lipinski definition) is 2. The van der Waals surface area contributed by atoms with Crippen molar-refractivity contribution in [3.8, 4) is 5.75 Å². The van der Waals surface area contributed by atoms with Gasteiger partial charge in [0.05, 0.1) is 29.7 Å². The molecule has 1 atom stereocenters. The Bertz CT molecular complexity index is 511. The van der Waals surface area contributed by atoms with Gasteiger partial charge >= 0.3 is 0 Å². The molecule has 0 heterocycles. The number of carbonyl (C=O) groups excluding carboxylic acids is 1. The predicted molar refractivity (Wildman–Crippen MR) is 72.9 cm³/mol. The molecule has 20 heavy (non-hydrogen) atoms. The smallest absolute Gasteiger partial charge is 0.270 e. The molecule has 1 aromatic carbocycles. The lowest BCUT2D eigenvalue weighted by atomic mass is 9.99. The second-order valence-electron chi connectivity index (χ2n) is 4.67. The zero-order valence-corrected chi connectivity index (χ0v) is 11.7. The molecule has 2 N–H and O–H groups in total. The third kappa shape index (κ3) is 3.45. The molecular formula is C13H18N2O5. The number of aliphatic hydroxyl groups is 1. The molecule has 1 rings (SSSR count). The van der Waals surface area contributed by atoms with E-state index < -0.39 is 16.4 Å². The average Bonchev–Trinajstić information content (AvgIpc) is 2.46. The number of non-ortho nitro benzene ring substituents is 1. The molecule has 0 radical (unpaired) electrons. The van der Waals surface area contributed by atoms with Crippen LogP contribution in [0.15, 0.2) is 18.2 Å². The molecule has 0 spiro atoms. The van der Waals surface area contributed by atoms with Crippen molar-refractivity contribution in [2.45, 2.75) is 25.8 Å². The molecule has 0 aliphatic rings. The minimum absolute atomic E-state index is 0.0647. The van der Waals surface area contributed by atoms with Crippen LogP contribution in [0.4, 0.5) is 5.69 Å². The van der Waals surface area contributed by atoms with Crippen molar-refractivity contribution in [1.29, 1.82) is 0 Å². The Labute approximate surface area is 116 Å². The van der Waals surface area contributed by atoms with E-state index in [1.807, 2.05) is 6.92 Å². The third-order valence-corrected chi connectivity index (χ3v) is 3.18. The quantitative estimate of drug-likeness (QED) is 0.608. The number of methoxy groups -OCH3 is 1. The van der Waals surface area contributed by atoms with Gasteiger partial charge in [-0.3, -0.25) is 14.9 Å². The van der Waals surface area contributed by atoms with Crippen LogP contribution in [-0.4, -0.2) is 35.2 Å². The van der Waals surface area contributed by atoms with Crippen LogP contribution < -0.4 is 10.1 Å². The number of rotatable bonds is 6. The number of ether oxygens (including phenoxy) is 1. The highest BCUT2D eigenvalue weighted by Crippen LogP contribution is 2.24. The molecule has 1 amide bonds. The summed E-state index contributed by atoms with van der Waals surface area (Å²) >= 11 is 0. The highest BCUT2D eigenvalue weighted by atomic mass is 16.6. The van der Waals surface area contributed by atoms with Crippen molar-refractivity contribution in [1.82, 2.24) is 5.32 Å². The largest absolute Gasteiger partial charge is 0.496 e. The molecule has 0 aromatic heterocycles. The second-order valence-corrected chi connectivity index (χ2v) is 4.67. The zero-order chi connectivity index (χ0) is 15.3. The van der Waals surface area contributed by atoms with Crippen molar-refractivity contribution in [2.75, 3.05) is 13.7 Å². The van der Waals surface area contributed by atoms with Crippen LogP contribution in [0.5, 0.6) is 5.75 Å². The molecule has 0 bridgehead atoms. The molecule has 0 aliphatic carbocycles. The first-order valence-electron chi connectivity index (χ1n) is 6.12. The normalized spacial score (nSPS) is 13.4. The van der Waals surface area contributed by atoms with Crippen molar-refractivity contribution in [3.63, 3.8) is 0 Å². The summed E-state index contributed by atoms with van der Waals surface area (Å²) in [6.45, 7) is 3.28. The van der Waals surface area contributed by atoms with Gasteiger partial charge in [0.15, 0.2) is 0 Å². The van der Waals surface area contributed by atoms with Crippen molar-refractivity contribution in [3.05, 3.63) is 33.9 Å². The van der Waals surface area contributed by atoms with Crippen LogP contribution in [0, 0.1) is 10.1 Å². The number of nitro groups is 1. The van der Waals surface area contributed by atoms with Crippen LogP contribution in [0.2, 0.25) is 0 Å². The minimum Gasteiger partial charge on any atom is -0.496 e. The number of carbonyl (C=O) groups is 1. The van der Waals surface area contributed by atoms with E-state index in [1.165, 1.54) is 19.2 Å². The SMILES string of the molecule is CCC(C)(CO)NC(=O)c1cc([N+](=O)[O-])ccc1OC. The lowest BCUT2D eigenvalue weighted by molar-refractivity contribution is -0.384. The van der Waals surface area contributed by atoms with Crippen molar-refractivity contribution < 1.29 is 19.6 Å². The number of nitrogens with zero attached hydrogens (tertiary/aromatic N) is 1. The van der Waals surface area contributed by atoms with Gasteiger partial charge < -0.3 is 15.2 Å². The van der Waals surface area contributed by atoms with E-state index in [0.29, 0.717) is 6.42 Å². The summed E-state index contributed by atoms with van der Waals surface area (Å²) in [6.07, 6.45) is 0.520.